The van der Waals surface area contributed by atoms with Crippen LogP contribution >= 0.6 is 0 Å². The molecule has 8 nitrogen and oxygen atoms in total. The highest BCUT2D eigenvalue weighted by Crippen LogP contribution is 2.37. The molecule has 0 saturated heterocycles. The standard InChI is InChI=1S/C20H19F3N2O6S/c1-12-8-13-9-15(3-4-16(13)25(12)19(26)20(21,22)23)32(27,28)24-6-7-29-14-2-5-17-18(10-14)31-11-30-17/h2-5,9-10,12,24H,6-8,11H2,1H3. The summed E-state index contributed by atoms with van der Waals surface area (Å²) in [5.41, 5.74) is 0.416. The fraction of sp³-hybridized carbons (Fsp3) is 0.350. The Hall–Kier alpha value is -2.99. The summed E-state index contributed by atoms with van der Waals surface area (Å²) in [5, 5.41) is 0. The monoisotopic (exact) mass is 472 g/mol. The second-order valence-corrected chi connectivity index (χ2v) is 9.04. The number of anilines is 1. The molecule has 0 aliphatic carbocycles. The van der Waals surface area contributed by atoms with Crippen LogP contribution in [0.25, 0.3) is 0 Å². The summed E-state index contributed by atoms with van der Waals surface area (Å²) in [6.45, 7) is 1.60. The van der Waals surface area contributed by atoms with Crippen LogP contribution in [0.15, 0.2) is 41.3 Å². The van der Waals surface area contributed by atoms with Gasteiger partial charge in [0.25, 0.3) is 0 Å². The van der Waals surface area contributed by atoms with Gasteiger partial charge in [0.05, 0.1) is 4.90 Å². The van der Waals surface area contributed by atoms with E-state index in [4.69, 9.17) is 14.2 Å². The van der Waals surface area contributed by atoms with Crippen molar-refractivity contribution in [2.75, 3.05) is 24.8 Å². The quantitative estimate of drug-likeness (QED) is 0.650. The number of hydrogen-bond donors (Lipinski definition) is 1. The van der Waals surface area contributed by atoms with E-state index < -0.39 is 28.1 Å². The Morgan fingerprint density at radius 1 is 1.19 bits per heavy atom. The third kappa shape index (κ3) is 4.32. The Bertz CT molecular complexity index is 1150. The fourth-order valence-electron chi connectivity index (χ4n) is 3.62. The van der Waals surface area contributed by atoms with Crippen LogP contribution in [0.3, 0.4) is 0 Å². The minimum absolute atomic E-state index is 0.0364. The highest BCUT2D eigenvalue weighted by Gasteiger charge is 2.47. The van der Waals surface area contributed by atoms with Gasteiger partial charge in [-0.15, -0.1) is 0 Å². The number of ether oxygens (including phenoxy) is 3. The van der Waals surface area contributed by atoms with E-state index in [1.165, 1.54) is 25.1 Å². The summed E-state index contributed by atoms with van der Waals surface area (Å²) in [7, 11) is -3.93. The van der Waals surface area contributed by atoms with Crippen molar-refractivity contribution in [3.63, 3.8) is 0 Å². The van der Waals surface area contributed by atoms with Gasteiger partial charge in [-0.05, 0) is 49.2 Å². The van der Waals surface area contributed by atoms with Crippen molar-refractivity contribution in [1.82, 2.24) is 4.72 Å². The minimum Gasteiger partial charge on any atom is -0.492 e. The number of halogens is 3. The molecule has 32 heavy (non-hydrogen) atoms. The van der Waals surface area contributed by atoms with E-state index >= 15 is 0 Å². The first-order chi connectivity index (χ1) is 15.1. The van der Waals surface area contributed by atoms with E-state index in [0.717, 1.165) is 0 Å². The molecular formula is C20H19F3N2O6S. The number of fused-ring (bicyclic) bond motifs is 2. The zero-order valence-electron chi connectivity index (χ0n) is 16.8. The molecule has 0 radical (unpaired) electrons. The SMILES string of the molecule is CC1Cc2cc(S(=O)(=O)NCCOc3ccc4c(c3)OCO4)ccc2N1C(=O)C(F)(F)F. The zero-order chi connectivity index (χ0) is 23.1. The number of benzene rings is 2. The molecule has 0 bridgehead atoms. The summed E-state index contributed by atoms with van der Waals surface area (Å²) < 4.78 is 82.1. The van der Waals surface area contributed by atoms with Crippen molar-refractivity contribution in [3.8, 4) is 17.2 Å². The molecule has 1 atom stereocenters. The number of hydrogen-bond acceptors (Lipinski definition) is 6. The first-order valence-electron chi connectivity index (χ1n) is 9.62. The number of alkyl halides is 3. The Morgan fingerprint density at radius 3 is 2.69 bits per heavy atom. The minimum atomic E-state index is -5.01. The van der Waals surface area contributed by atoms with Crippen LogP contribution in [-0.4, -0.2) is 46.5 Å². The van der Waals surface area contributed by atoms with E-state index in [9.17, 15) is 26.4 Å². The van der Waals surface area contributed by atoms with Crippen LogP contribution in [-0.2, 0) is 21.2 Å². The van der Waals surface area contributed by atoms with E-state index in [1.807, 2.05) is 0 Å². The Kier molecular flexibility index (Phi) is 5.67. The van der Waals surface area contributed by atoms with Crippen molar-refractivity contribution in [2.45, 2.75) is 30.5 Å². The molecule has 4 rings (SSSR count). The van der Waals surface area contributed by atoms with Crippen LogP contribution < -0.4 is 23.8 Å². The summed E-state index contributed by atoms with van der Waals surface area (Å²) in [4.78, 5) is 12.3. The summed E-state index contributed by atoms with van der Waals surface area (Å²) >= 11 is 0. The van der Waals surface area contributed by atoms with Gasteiger partial charge in [0, 0.05) is 24.3 Å². The lowest BCUT2D eigenvalue weighted by Gasteiger charge is -2.23. The van der Waals surface area contributed by atoms with E-state index in [2.05, 4.69) is 4.72 Å². The molecule has 2 heterocycles. The highest BCUT2D eigenvalue weighted by atomic mass is 32.2. The van der Waals surface area contributed by atoms with Gasteiger partial charge in [0.1, 0.15) is 12.4 Å². The average Bonchev–Trinajstić information content (AvgIpc) is 3.32. The van der Waals surface area contributed by atoms with E-state index in [1.54, 1.807) is 18.2 Å². The largest absolute Gasteiger partial charge is 0.492 e. The second-order valence-electron chi connectivity index (χ2n) is 7.28. The zero-order valence-corrected chi connectivity index (χ0v) is 17.6. The number of amides is 1. The van der Waals surface area contributed by atoms with Gasteiger partial charge in [-0.2, -0.15) is 13.2 Å². The molecule has 0 fully saturated rings. The Labute approximate surface area is 181 Å². The number of rotatable bonds is 6. The third-order valence-corrected chi connectivity index (χ3v) is 6.50. The molecule has 1 N–H and O–H groups in total. The van der Waals surface area contributed by atoms with E-state index in [-0.39, 0.29) is 36.9 Å². The molecule has 1 unspecified atom stereocenters. The molecule has 2 aliphatic heterocycles. The van der Waals surface area contributed by atoms with Gasteiger partial charge in [0.15, 0.2) is 11.5 Å². The van der Waals surface area contributed by atoms with Crippen molar-refractivity contribution < 1.29 is 40.6 Å². The molecule has 2 aromatic carbocycles. The predicted molar refractivity (Wildman–Crippen MR) is 106 cm³/mol. The van der Waals surface area contributed by atoms with Crippen LogP contribution in [0.4, 0.5) is 18.9 Å². The van der Waals surface area contributed by atoms with Crippen LogP contribution in [0, 0.1) is 0 Å². The molecule has 1 amide bonds. The maximum Gasteiger partial charge on any atom is 0.471 e. The molecule has 172 valence electrons. The lowest BCUT2D eigenvalue weighted by atomic mass is 10.1. The summed E-state index contributed by atoms with van der Waals surface area (Å²) in [6.07, 6.45) is -4.89. The number of carbonyl (C=O) groups is 1. The summed E-state index contributed by atoms with van der Waals surface area (Å²) in [5.74, 6) is -0.361. The fourth-order valence-corrected chi connectivity index (χ4v) is 4.68. The Morgan fingerprint density at radius 2 is 1.94 bits per heavy atom. The Balaban J connectivity index is 1.39. The number of carbonyl (C=O) groups excluding carboxylic acids is 1. The normalized spacial score (nSPS) is 17.4. The van der Waals surface area contributed by atoms with Crippen molar-refractivity contribution in [3.05, 3.63) is 42.0 Å². The van der Waals surface area contributed by atoms with Crippen LogP contribution in [0.5, 0.6) is 17.2 Å². The molecular weight excluding hydrogens is 453 g/mol. The molecule has 0 saturated carbocycles. The lowest BCUT2D eigenvalue weighted by molar-refractivity contribution is -0.170. The van der Waals surface area contributed by atoms with Crippen LogP contribution in [0.1, 0.15) is 12.5 Å². The first-order valence-corrected chi connectivity index (χ1v) is 11.1. The second kappa shape index (κ2) is 8.17. The lowest BCUT2D eigenvalue weighted by Crippen LogP contribution is -2.44. The topological polar surface area (TPSA) is 94.2 Å². The highest BCUT2D eigenvalue weighted by molar-refractivity contribution is 7.89. The number of nitrogens with zero attached hydrogens (tertiary/aromatic N) is 1. The van der Waals surface area contributed by atoms with Gasteiger partial charge in [0.2, 0.25) is 16.8 Å². The van der Waals surface area contributed by atoms with Gasteiger partial charge in [-0.25, -0.2) is 13.1 Å². The number of sulfonamides is 1. The summed E-state index contributed by atoms with van der Waals surface area (Å²) in [6, 6.07) is 7.93. The molecule has 2 aromatic rings. The van der Waals surface area contributed by atoms with Gasteiger partial charge in [-0.1, -0.05) is 0 Å². The van der Waals surface area contributed by atoms with Crippen LogP contribution in [0.2, 0.25) is 0 Å². The average molecular weight is 472 g/mol. The molecule has 12 heteroatoms. The van der Waals surface area contributed by atoms with Gasteiger partial charge >= 0.3 is 12.1 Å². The number of nitrogens with one attached hydrogen (secondary N) is 1. The van der Waals surface area contributed by atoms with E-state index in [0.29, 0.717) is 27.7 Å². The molecule has 0 aromatic heterocycles. The maximum atomic E-state index is 12.9. The first kappa shape index (κ1) is 22.2. The predicted octanol–water partition coefficient (Wildman–Crippen LogP) is 2.61. The third-order valence-electron chi connectivity index (χ3n) is 5.05. The molecule has 2 aliphatic rings. The van der Waals surface area contributed by atoms with Crippen molar-refractivity contribution in [2.24, 2.45) is 0 Å². The van der Waals surface area contributed by atoms with Crippen molar-refractivity contribution >= 4 is 21.6 Å². The van der Waals surface area contributed by atoms with Gasteiger partial charge < -0.3 is 19.1 Å². The smallest absolute Gasteiger partial charge is 0.471 e. The maximum absolute atomic E-state index is 12.9. The van der Waals surface area contributed by atoms with Gasteiger partial charge in [-0.3, -0.25) is 4.79 Å². The van der Waals surface area contributed by atoms with Crippen molar-refractivity contribution in [1.29, 1.82) is 0 Å². The molecule has 0 spiro atoms.